The van der Waals surface area contributed by atoms with Crippen LogP contribution in [0, 0.1) is 0 Å². The van der Waals surface area contributed by atoms with E-state index in [9.17, 15) is 0 Å². The van der Waals surface area contributed by atoms with E-state index in [1.807, 2.05) is 12.1 Å². The molecular formula is C14H22N2O2. The maximum Gasteiger partial charge on any atom is 0.120 e. The maximum absolute atomic E-state index is 5.88. The van der Waals surface area contributed by atoms with Gasteiger partial charge in [0.05, 0.1) is 19.3 Å². The summed E-state index contributed by atoms with van der Waals surface area (Å²) in [6, 6.07) is 8.16. The molecule has 0 spiro atoms. The first-order chi connectivity index (χ1) is 8.72. The number of hydrogen-bond donors (Lipinski definition) is 1. The Labute approximate surface area is 109 Å². The first-order valence-corrected chi connectivity index (χ1v) is 6.47. The van der Waals surface area contributed by atoms with E-state index in [-0.39, 0.29) is 12.2 Å². The Morgan fingerprint density at radius 1 is 1.44 bits per heavy atom. The fourth-order valence-electron chi connectivity index (χ4n) is 2.41. The molecule has 4 nitrogen and oxygen atoms in total. The number of methoxy groups -OCH3 is 1. The molecule has 1 fully saturated rings. The average Bonchev–Trinajstić information content (AvgIpc) is 2.38. The molecule has 1 aromatic rings. The second-order valence-corrected chi connectivity index (χ2v) is 4.75. The van der Waals surface area contributed by atoms with Gasteiger partial charge in [0.2, 0.25) is 0 Å². The predicted molar refractivity (Wildman–Crippen MR) is 73.2 cm³/mol. The summed E-state index contributed by atoms with van der Waals surface area (Å²) in [4.78, 5) is 2.34. The molecule has 100 valence electrons. The van der Waals surface area contributed by atoms with E-state index in [2.05, 4.69) is 24.0 Å². The number of benzene rings is 1. The van der Waals surface area contributed by atoms with Gasteiger partial charge < -0.3 is 20.1 Å². The minimum Gasteiger partial charge on any atom is -0.497 e. The molecule has 18 heavy (non-hydrogen) atoms. The zero-order valence-corrected chi connectivity index (χ0v) is 11.1. The Kier molecular flexibility index (Phi) is 4.44. The largest absolute Gasteiger partial charge is 0.497 e. The van der Waals surface area contributed by atoms with Gasteiger partial charge in [-0.15, -0.1) is 0 Å². The van der Waals surface area contributed by atoms with E-state index in [0.717, 1.165) is 25.3 Å². The Morgan fingerprint density at radius 3 is 3.00 bits per heavy atom. The summed E-state index contributed by atoms with van der Waals surface area (Å²) in [6.45, 7) is 4.59. The molecule has 1 aromatic carbocycles. The molecule has 0 saturated carbocycles. The summed E-state index contributed by atoms with van der Waals surface area (Å²) in [5.41, 5.74) is 6.80. The fourth-order valence-corrected chi connectivity index (χ4v) is 2.41. The normalized spacial score (nSPS) is 24.1. The lowest BCUT2D eigenvalue weighted by Gasteiger charge is -2.38. The zero-order chi connectivity index (χ0) is 13.0. The van der Waals surface area contributed by atoms with Gasteiger partial charge in [-0.3, -0.25) is 0 Å². The SMILES string of the molecule is COc1cccc(N2CC(C)OC(CCN)C2)c1. The third-order valence-electron chi connectivity index (χ3n) is 3.23. The van der Waals surface area contributed by atoms with Gasteiger partial charge in [-0.2, -0.15) is 0 Å². The molecule has 2 rings (SSSR count). The van der Waals surface area contributed by atoms with E-state index in [1.54, 1.807) is 7.11 Å². The molecule has 2 unspecified atom stereocenters. The highest BCUT2D eigenvalue weighted by Gasteiger charge is 2.24. The van der Waals surface area contributed by atoms with Gasteiger partial charge in [0.1, 0.15) is 5.75 Å². The minimum absolute atomic E-state index is 0.227. The summed E-state index contributed by atoms with van der Waals surface area (Å²) in [5, 5.41) is 0. The van der Waals surface area contributed by atoms with Crippen LogP contribution in [-0.4, -0.2) is 39.0 Å². The predicted octanol–water partition coefficient (Wildman–Crippen LogP) is 1.64. The Morgan fingerprint density at radius 2 is 2.28 bits per heavy atom. The first kappa shape index (κ1) is 13.2. The first-order valence-electron chi connectivity index (χ1n) is 6.47. The van der Waals surface area contributed by atoms with Crippen molar-refractivity contribution in [3.05, 3.63) is 24.3 Å². The molecular weight excluding hydrogens is 228 g/mol. The van der Waals surface area contributed by atoms with Crippen molar-refractivity contribution in [3.63, 3.8) is 0 Å². The van der Waals surface area contributed by atoms with Gasteiger partial charge in [0.15, 0.2) is 0 Å². The Balaban J connectivity index is 2.10. The van der Waals surface area contributed by atoms with Crippen molar-refractivity contribution >= 4 is 5.69 Å². The lowest BCUT2D eigenvalue weighted by Crippen LogP contribution is -2.47. The highest BCUT2D eigenvalue weighted by Crippen LogP contribution is 2.24. The van der Waals surface area contributed by atoms with E-state index in [1.165, 1.54) is 5.69 Å². The molecule has 2 N–H and O–H groups in total. The number of nitrogens with zero attached hydrogens (tertiary/aromatic N) is 1. The number of anilines is 1. The zero-order valence-electron chi connectivity index (χ0n) is 11.1. The second kappa shape index (κ2) is 6.07. The highest BCUT2D eigenvalue weighted by atomic mass is 16.5. The van der Waals surface area contributed by atoms with Gasteiger partial charge in [-0.1, -0.05) is 6.07 Å². The number of nitrogens with two attached hydrogens (primary N) is 1. The van der Waals surface area contributed by atoms with Crippen LogP contribution in [0.25, 0.3) is 0 Å². The minimum atomic E-state index is 0.227. The van der Waals surface area contributed by atoms with Crippen LogP contribution < -0.4 is 15.4 Å². The summed E-state index contributed by atoms with van der Waals surface area (Å²) < 4.78 is 11.2. The van der Waals surface area contributed by atoms with Crippen molar-refractivity contribution in [1.29, 1.82) is 0 Å². The van der Waals surface area contributed by atoms with Crippen LogP contribution in [0.3, 0.4) is 0 Å². The van der Waals surface area contributed by atoms with E-state index >= 15 is 0 Å². The Bertz CT molecular complexity index is 384. The smallest absolute Gasteiger partial charge is 0.120 e. The fraction of sp³-hybridized carbons (Fsp3) is 0.571. The Hall–Kier alpha value is -1.26. The van der Waals surface area contributed by atoms with Crippen LogP contribution >= 0.6 is 0 Å². The summed E-state index contributed by atoms with van der Waals surface area (Å²) >= 11 is 0. The molecule has 0 aliphatic carbocycles. The van der Waals surface area contributed by atoms with Crippen LogP contribution in [0.15, 0.2) is 24.3 Å². The van der Waals surface area contributed by atoms with Crippen molar-refractivity contribution in [2.45, 2.75) is 25.6 Å². The molecule has 1 aliphatic heterocycles. The van der Waals surface area contributed by atoms with E-state index in [4.69, 9.17) is 15.2 Å². The molecule has 0 bridgehead atoms. The quantitative estimate of drug-likeness (QED) is 0.882. The summed E-state index contributed by atoms with van der Waals surface area (Å²) in [7, 11) is 1.69. The van der Waals surface area contributed by atoms with Crippen molar-refractivity contribution in [3.8, 4) is 5.75 Å². The molecule has 1 saturated heterocycles. The van der Waals surface area contributed by atoms with Gasteiger partial charge in [-0.25, -0.2) is 0 Å². The van der Waals surface area contributed by atoms with Gasteiger partial charge in [0.25, 0.3) is 0 Å². The molecule has 4 heteroatoms. The molecule has 1 aliphatic rings. The van der Waals surface area contributed by atoms with E-state index in [0.29, 0.717) is 6.54 Å². The third kappa shape index (κ3) is 3.15. The van der Waals surface area contributed by atoms with Gasteiger partial charge in [-0.05, 0) is 32.0 Å². The standard InChI is InChI=1S/C14H22N2O2/c1-11-9-16(10-14(18-11)6-7-15)12-4-3-5-13(8-12)17-2/h3-5,8,11,14H,6-7,9-10,15H2,1-2H3. The lowest BCUT2D eigenvalue weighted by molar-refractivity contribution is -0.0183. The van der Waals surface area contributed by atoms with Crippen molar-refractivity contribution in [1.82, 2.24) is 0 Å². The number of ether oxygens (including phenoxy) is 2. The van der Waals surface area contributed by atoms with Crippen molar-refractivity contribution in [2.24, 2.45) is 5.73 Å². The molecule has 1 heterocycles. The van der Waals surface area contributed by atoms with Crippen molar-refractivity contribution in [2.75, 3.05) is 31.6 Å². The van der Waals surface area contributed by atoms with Crippen LogP contribution in [0.4, 0.5) is 5.69 Å². The topological polar surface area (TPSA) is 47.7 Å². The number of hydrogen-bond acceptors (Lipinski definition) is 4. The van der Waals surface area contributed by atoms with E-state index < -0.39 is 0 Å². The second-order valence-electron chi connectivity index (χ2n) is 4.75. The highest BCUT2D eigenvalue weighted by molar-refractivity contribution is 5.51. The molecule has 0 aromatic heterocycles. The molecule has 2 atom stereocenters. The van der Waals surface area contributed by atoms with Gasteiger partial charge in [0, 0.05) is 24.8 Å². The number of morpholine rings is 1. The van der Waals surface area contributed by atoms with Crippen LogP contribution in [-0.2, 0) is 4.74 Å². The van der Waals surface area contributed by atoms with Crippen LogP contribution in [0.1, 0.15) is 13.3 Å². The summed E-state index contributed by atoms with van der Waals surface area (Å²) in [5.74, 6) is 0.891. The third-order valence-corrected chi connectivity index (χ3v) is 3.23. The van der Waals surface area contributed by atoms with Crippen LogP contribution in [0.5, 0.6) is 5.75 Å². The molecule has 0 amide bonds. The number of rotatable bonds is 4. The van der Waals surface area contributed by atoms with Crippen LogP contribution in [0.2, 0.25) is 0 Å². The molecule has 0 radical (unpaired) electrons. The average molecular weight is 250 g/mol. The van der Waals surface area contributed by atoms with Crippen molar-refractivity contribution < 1.29 is 9.47 Å². The maximum atomic E-state index is 5.88. The van der Waals surface area contributed by atoms with Gasteiger partial charge >= 0.3 is 0 Å². The lowest BCUT2D eigenvalue weighted by atomic mass is 10.1. The monoisotopic (exact) mass is 250 g/mol. The summed E-state index contributed by atoms with van der Waals surface area (Å²) in [6.07, 6.45) is 1.37.